The summed E-state index contributed by atoms with van der Waals surface area (Å²) in [5.41, 5.74) is 0.784. The number of hydrogen-bond donors (Lipinski definition) is 2. The monoisotopic (exact) mass is 252 g/mol. The Morgan fingerprint density at radius 2 is 2.22 bits per heavy atom. The lowest BCUT2D eigenvalue weighted by molar-refractivity contribution is -0.137. The Morgan fingerprint density at radius 1 is 1.44 bits per heavy atom. The van der Waals surface area contributed by atoms with Gasteiger partial charge in [0, 0.05) is 31.1 Å². The number of aliphatic carboxylic acids is 1. The second kappa shape index (κ2) is 7.26. The van der Waals surface area contributed by atoms with Crippen LogP contribution in [-0.4, -0.2) is 29.1 Å². The molecule has 0 saturated heterocycles. The van der Waals surface area contributed by atoms with Crippen molar-refractivity contribution in [3.8, 4) is 5.88 Å². The molecule has 0 fully saturated rings. The highest BCUT2D eigenvalue weighted by atomic mass is 16.5. The topological polar surface area (TPSA) is 88.5 Å². The van der Waals surface area contributed by atoms with Crippen molar-refractivity contribution in [1.29, 1.82) is 0 Å². The number of pyridine rings is 1. The average Bonchev–Trinajstić information content (AvgIpc) is 2.36. The molecule has 6 heteroatoms. The number of carboxylic acid groups (broad SMARTS) is 1. The Balaban J connectivity index is 2.35. The van der Waals surface area contributed by atoms with E-state index < -0.39 is 5.97 Å². The van der Waals surface area contributed by atoms with Crippen molar-refractivity contribution in [3.63, 3.8) is 0 Å². The lowest BCUT2D eigenvalue weighted by Gasteiger charge is -2.08. The summed E-state index contributed by atoms with van der Waals surface area (Å²) in [7, 11) is 1.51. The molecule has 0 aliphatic carbocycles. The van der Waals surface area contributed by atoms with Gasteiger partial charge < -0.3 is 15.2 Å². The number of aromatic nitrogens is 1. The molecule has 1 heterocycles. The van der Waals surface area contributed by atoms with Gasteiger partial charge >= 0.3 is 5.97 Å². The summed E-state index contributed by atoms with van der Waals surface area (Å²) in [6, 6.07) is 3.57. The van der Waals surface area contributed by atoms with Gasteiger partial charge in [0.25, 0.3) is 0 Å². The Labute approximate surface area is 105 Å². The standard InChI is InChI=1S/C12H16N2O4/c1-18-12-9(4-3-7-13-12)8-14-10(15)5-2-6-11(16)17/h3-4,7H,2,5-6,8H2,1H3,(H,14,15)(H,16,17). The van der Waals surface area contributed by atoms with E-state index >= 15 is 0 Å². The van der Waals surface area contributed by atoms with Gasteiger partial charge in [-0.15, -0.1) is 0 Å². The molecule has 0 aliphatic heterocycles. The van der Waals surface area contributed by atoms with Crippen LogP contribution in [0.1, 0.15) is 24.8 Å². The lowest BCUT2D eigenvalue weighted by Crippen LogP contribution is -2.23. The van der Waals surface area contributed by atoms with Crippen LogP contribution in [0.25, 0.3) is 0 Å². The van der Waals surface area contributed by atoms with E-state index in [1.165, 1.54) is 7.11 Å². The zero-order valence-corrected chi connectivity index (χ0v) is 10.2. The Hall–Kier alpha value is -2.11. The number of methoxy groups -OCH3 is 1. The minimum atomic E-state index is -0.892. The van der Waals surface area contributed by atoms with E-state index in [4.69, 9.17) is 9.84 Å². The van der Waals surface area contributed by atoms with E-state index in [0.29, 0.717) is 18.8 Å². The van der Waals surface area contributed by atoms with Crippen molar-refractivity contribution >= 4 is 11.9 Å². The van der Waals surface area contributed by atoms with Gasteiger partial charge in [0.2, 0.25) is 11.8 Å². The van der Waals surface area contributed by atoms with Crippen LogP contribution in [0.15, 0.2) is 18.3 Å². The molecule has 0 aromatic carbocycles. The molecule has 1 amide bonds. The number of hydrogen-bond acceptors (Lipinski definition) is 4. The molecule has 1 aromatic heterocycles. The first-order valence-corrected chi connectivity index (χ1v) is 5.60. The molecule has 0 atom stereocenters. The van der Waals surface area contributed by atoms with Gasteiger partial charge in [-0.25, -0.2) is 4.98 Å². The fourth-order valence-corrected chi connectivity index (χ4v) is 1.42. The van der Waals surface area contributed by atoms with E-state index in [1.54, 1.807) is 12.3 Å². The van der Waals surface area contributed by atoms with Gasteiger partial charge in [0.05, 0.1) is 7.11 Å². The molecule has 0 bridgehead atoms. The van der Waals surface area contributed by atoms with E-state index in [9.17, 15) is 9.59 Å². The lowest BCUT2D eigenvalue weighted by atomic mass is 10.2. The van der Waals surface area contributed by atoms with Crippen molar-refractivity contribution in [1.82, 2.24) is 10.3 Å². The third kappa shape index (κ3) is 4.82. The van der Waals surface area contributed by atoms with Crippen molar-refractivity contribution in [2.75, 3.05) is 7.11 Å². The summed E-state index contributed by atoms with van der Waals surface area (Å²) in [6.07, 6.45) is 2.15. The quantitative estimate of drug-likeness (QED) is 0.754. The van der Waals surface area contributed by atoms with Crippen molar-refractivity contribution in [3.05, 3.63) is 23.9 Å². The Bertz CT molecular complexity index is 420. The van der Waals surface area contributed by atoms with Gasteiger partial charge in [-0.2, -0.15) is 0 Å². The fourth-order valence-electron chi connectivity index (χ4n) is 1.42. The third-order valence-electron chi connectivity index (χ3n) is 2.31. The van der Waals surface area contributed by atoms with Crippen LogP contribution in [0.4, 0.5) is 0 Å². The average molecular weight is 252 g/mol. The molecule has 0 unspecified atom stereocenters. The summed E-state index contributed by atoms with van der Waals surface area (Å²) in [5.74, 6) is -0.595. The third-order valence-corrected chi connectivity index (χ3v) is 2.31. The minimum Gasteiger partial charge on any atom is -0.481 e. The fraction of sp³-hybridized carbons (Fsp3) is 0.417. The number of nitrogens with one attached hydrogen (secondary N) is 1. The van der Waals surface area contributed by atoms with Gasteiger partial charge in [0.15, 0.2) is 0 Å². The molecule has 0 radical (unpaired) electrons. The van der Waals surface area contributed by atoms with Crippen LogP contribution in [0.2, 0.25) is 0 Å². The molecular weight excluding hydrogens is 236 g/mol. The molecule has 2 N–H and O–H groups in total. The molecule has 98 valence electrons. The van der Waals surface area contributed by atoms with Crippen molar-refractivity contribution in [2.24, 2.45) is 0 Å². The van der Waals surface area contributed by atoms with Gasteiger partial charge in [-0.1, -0.05) is 6.07 Å². The molecule has 0 saturated carbocycles. The molecule has 0 spiro atoms. The van der Waals surface area contributed by atoms with Crippen LogP contribution in [-0.2, 0) is 16.1 Å². The summed E-state index contributed by atoms with van der Waals surface area (Å²) in [5, 5.41) is 11.1. The first-order chi connectivity index (χ1) is 8.63. The summed E-state index contributed by atoms with van der Waals surface area (Å²) in [4.78, 5) is 25.7. The van der Waals surface area contributed by atoms with Crippen LogP contribution in [0, 0.1) is 0 Å². The van der Waals surface area contributed by atoms with Crippen molar-refractivity contribution < 1.29 is 19.4 Å². The van der Waals surface area contributed by atoms with Gasteiger partial charge in [-0.3, -0.25) is 9.59 Å². The highest BCUT2D eigenvalue weighted by Crippen LogP contribution is 2.12. The zero-order chi connectivity index (χ0) is 13.4. The first-order valence-electron chi connectivity index (χ1n) is 5.60. The van der Waals surface area contributed by atoms with Crippen LogP contribution in [0.5, 0.6) is 5.88 Å². The number of rotatable bonds is 7. The number of ether oxygens (including phenoxy) is 1. The van der Waals surface area contributed by atoms with Gasteiger partial charge in [-0.05, 0) is 12.5 Å². The van der Waals surface area contributed by atoms with Crippen LogP contribution in [0.3, 0.4) is 0 Å². The second-order valence-electron chi connectivity index (χ2n) is 3.70. The molecule has 1 rings (SSSR count). The zero-order valence-electron chi connectivity index (χ0n) is 10.2. The predicted molar refractivity (Wildman–Crippen MR) is 64.1 cm³/mol. The maximum absolute atomic E-state index is 11.4. The molecule has 0 aliphatic rings. The second-order valence-corrected chi connectivity index (χ2v) is 3.70. The van der Waals surface area contributed by atoms with E-state index in [-0.39, 0.29) is 18.7 Å². The Kier molecular flexibility index (Phi) is 5.63. The Morgan fingerprint density at radius 3 is 2.89 bits per heavy atom. The number of carboxylic acids is 1. The summed E-state index contributed by atoms with van der Waals surface area (Å²) < 4.78 is 5.05. The number of amides is 1. The molecular formula is C12H16N2O4. The molecule has 18 heavy (non-hydrogen) atoms. The summed E-state index contributed by atoms with van der Waals surface area (Å²) >= 11 is 0. The van der Waals surface area contributed by atoms with Crippen LogP contribution >= 0.6 is 0 Å². The maximum atomic E-state index is 11.4. The number of carbonyl (C=O) groups is 2. The minimum absolute atomic E-state index is 0.00360. The number of nitrogens with zero attached hydrogens (tertiary/aromatic N) is 1. The summed E-state index contributed by atoms with van der Waals surface area (Å²) in [6.45, 7) is 0.322. The van der Waals surface area contributed by atoms with Crippen molar-refractivity contribution in [2.45, 2.75) is 25.8 Å². The first kappa shape index (κ1) is 14.0. The van der Waals surface area contributed by atoms with Gasteiger partial charge in [0.1, 0.15) is 0 Å². The van der Waals surface area contributed by atoms with E-state index in [2.05, 4.69) is 10.3 Å². The normalized spacial score (nSPS) is 9.83. The highest BCUT2D eigenvalue weighted by Gasteiger charge is 2.06. The molecule has 1 aromatic rings. The predicted octanol–water partition coefficient (Wildman–Crippen LogP) is 0.961. The maximum Gasteiger partial charge on any atom is 0.303 e. The largest absolute Gasteiger partial charge is 0.481 e. The highest BCUT2D eigenvalue weighted by molar-refractivity contribution is 5.76. The van der Waals surface area contributed by atoms with Crippen LogP contribution < -0.4 is 10.1 Å². The van der Waals surface area contributed by atoms with E-state index in [0.717, 1.165) is 5.56 Å². The molecule has 6 nitrogen and oxygen atoms in total. The SMILES string of the molecule is COc1ncccc1CNC(=O)CCCC(=O)O. The smallest absolute Gasteiger partial charge is 0.303 e. The number of carbonyl (C=O) groups excluding carboxylic acids is 1. The van der Waals surface area contributed by atoms with E-state index in [1.807, 2.05) is 6.07 Å².